The van der Waals surface area contributed by atoms with Crippen LogP contribution in [0.5, 0.6) is 0 Å². The van der Waals surface area contributed by atoms with Gasteiger partial charge in [0.1, 0.15) is 11.9 Å². The summed E-state index contributed by atoms with van der Waals surface area (Å²) in [4.78, 5) is 8.47. The van der Waals surface area contributed by atoms with Crippen molar-refractivity contribution in [3.8, 4) is 17.5 Å². The molecule has 1 aliphatic rings. The Bertz CT molecular complexity index is 666. The van der Waals surface area contributed by atoms with Crippen LogP contribution >= 0.6 is 0 Å². The zero-order valence-corrected chi connectivity index (χ0v) is 11.7. The van der Waals surface area contributed by atoms with Crippen LogP contribution in [0.15, 0.2) is 28.7 Å². The smallest absolute Gasteiger partial charge is 0.235 e. The topological polar surface area (TPSA) is 56.3 Å². The van der Waals surface area contributed by atoms with Gasteiger partial charge in [-0.05, 0) is 31.3 Å². The van der Waals surface area contributed by atoms with Crippen molar-refractivity contribution < 1.29 is 8.81 Å². The van der Waals surface area contributed by atoms with Crippen molar-refractivity contribution in [3.63, 3.8) is 0 Å². The average molecular weight is 286 g/mol. The van der Waals surface area contributed by atoms with Gasteiger partial charge in [0.05, 0.1) is 0 Å². The largest absolute Gasteiger partial charge is 0.419 e. The summed E-state index contributed by atoms with van der Waals surface area (Å²) in [6.07, 6.45) is 0. The Balaban J connectivity index is 1.91. The Morgan fingerprint density at radius 3 is 2.48 bits per heavy atom. The minimum Gasteiger partial charge on any atom is -0.419 e. The number of halogens is 1. The van der Waals surface area contributed by atoms with Crippen molar-refractivity contribution in [1.29, 1.82) is 5.26 Å². The molecule has 1 fully saturated rings. The minimum atomic E-state index is -0.315. The van der Waals surface area contributed by atoms with Gasteiger partial charge in [-0.2, -0.15) is 10.2 Å². The van der Waals surface area contributed by atoms with Crippen LogP contribution in [-0.2, 0) is 0 Å². The van der Waals surface area contributed by atoms with E-state index in [-0.39, 0.29) is 11.5 Å². The highest BCUT2D eigenvalue weighted by atomic mass is 19.1. The zero-order valence-electron chi connectivity index (χ0n) is 11.7. The molecule has 0 aliphatic carbocycles. The molecule has 0 spiro atoms. The predicted octanol–water partition coefficient (Wildman–Crippen LogP) is 2.10. The lowest BCUT2D eigenvalue weighted by Gasteiger charge is -2.31. The van der Waals surface area contributed by atoms with E-state index in [1.165, 1.54) is 12.1 Å². The van der Waals surface area contributed by atoms with Gasteiger partial charge in [0.15, 0.2) is 0 Å². The molecule has 0 unspecified atom stereocenters. The molecule has 0 atom stereocenters. The number of hydrogen-bond acceptors (Lipinski definition) is 5. The molecule has 1 aliphatic heterocycles. The molecule has 21 heavy (non-hydrogen) atoms. The van der Waals surface area contributed by atoms with E-state index in [4.69, 9.17) is 4.42 Å². The van der Waals surface area contributed by atoms with Crippen molar-refractivity contribution in [3.05, 3.63) is 35.8 Å². The Labute approximate surface area is 122 Å². The molecule has 108 valence electrons. The highest BCUT2D eigenvalue weighted by molar-refractivity contribution is 5.59. The second-order valence-corrected chi connectivity index (χ2v) is 5.08. The van der Waals surface area contributed by atoms with Crippen molar-refractivity contribution in [2.75, 3.05) is 38.1 Å². The van der Waals surface area contributed by atoms with E-state index in [9.17, 15) is 9.65 Å². The van der Waals surface area contributed by atoms with Crippen LogP contribution in [0.1, 0.15) is 5.69 Å². The zero-order chi connectivity index (χ0) is 14.8. The van der Waals surface area contributed by atoms with Gasteiger partial charge in [-0.15, -0.1) is 0 Å². The number of aromatic nitrogens is 1. The number of rotatable bonds is 2. The number of piperazine rings is 1. The van der Waals surface area contributed by atoms with Crippen molar-refractivity contribution in [1.82, 2.24) is 9.88 Å². The standard InChI is InChI=1S/C15H15FN4O/c1-19-6-8-20(9-7-19)15-13(10-17)18-14(21-15)11-2-4-12(16)5-3-11/h2-5H,6-9H2,1H3. The molecule has 1 aromatic carbocycles. The Morgan fingerprint density at radius 2 is 1.86 bits per heavy atom. The van der Waals surface area contributed by atoms with Gasteiger partial charge in [-0.3, -0.25) is 0 Å². The molecule has 1 saturated heterocycles. The molecule has 0 bridgehead atoms. The second-order valence-electron chi connectivity index (χ2n) is 5.08. The number of nitrogens with zero attached hydrogens (tertiary/aromatic N) is 4. The van der Waals surface area contributed by atoms with Gasteiger partial charge >= 0.3 is 0 Å². The highest BCUT2D eigenvalue weighted by Gasteiger charge is 2.23. The van der Waals surface area contributed by atoms with E-state index >= 15 is 0 Å². The maximum absolute atomic E-state index is 13.0. The third kappa shape index (κ3) is 2.73. The Hall–Kier alpha value is -2.39. The fraction of sp³-hybridized carbons (Fsp3) is 0.333. The predicted molar refractivity (Wildman–Crippen MR) is 76.3 cm³/mol. The minimum absolute atomic E-state index is 0.277. The van der Waals surface area contributed by atoms with E-state index in [2.05, 4.69) is 23.0 Å². The van der Waals surface area contributed by atoms with Gasteiger partial charge < -0.3 is 14.2 Å². The van der Waals surface area contributed by atoms with E-state index in [1.54, 1.807) is 12.1 Å². The van der Waals surface area contributed by atoms with Crippen molar-refractivity contribution >= 4 is 5.88 Å². The molecule has 0 radical (unpaired) electrons. The van der Waals surface area contributed by atoms with Gasteiger partial charge in [-0.1, -0.05) is 0 Å². The monoisotopic (exact) mass is 286 g/mol. The van der Waals surface area contributed by atoms with E-state index in [0.717, 1.165) is 26.2 Å². The van der Waals surface area contributed by atoms with Crippen LogP contribution in [0.25, 0.3) is 11.5 Å². The first-order valence-electron chi connectivity index (χ1n) is 6.78. The first-order valence-corrected chi connectivity index (χ1v) is 6.78. The lowest BCUT2D eigenvalue weighted by atomic mass is 10.2. The van der Waals surface area contributed by atoms with Crippen LogP contribution in [-0.4, -0.2) is 43.1 Å². The molecule has 5 nitrogen and oxygen atoms in total. The summed E-state index contributed by atoms with van der Waals surface area (Å²) in [6, 6.07) is 7.95. The molecular weight excluding hydrogens is 271 g/mol. The van der Waals surface area contributed by atoms with Crippen LogP contribution < -0.4 is 4.90 Å². The summed E-state index contributed by atoms with van der Waals surface area (Å²) >= 11 is 0. The Morgan fingerprint density at radius 1 is 1.19 bits per heavy atom. The molecular formula is C15H15FN4O. The Kier molecular flexibility index (Phi) is 3.59. The second kappa shape index (κ2) is 5.54. The first kappa shape index (κ1) is 13.6. The third-order valence-corrected chi connectivity index (χ3v) is 3.60. The molecule has 2 aromatic rings. The fourth-order valence-electron chi connectivity index (χ4n) is 2.32. The van der Waals surface area contributed by atoms with Gasteiger partial charge in [0.2, 0.25) is 17.5 Å². The lowest BCUT2D eigenvalue weighted by molar-refractivity contribution is 0.306. The summed E-state index contributed by atoms with van der Waals surface area (Å²) in [5, 5.41) is 9.24. The van der Waals surface area contributed by atoms with Crippen LogP contribution in [0.4, 0.5) is 10.3 Å². The number of hydrogen-bond donors (Lipinski definition) is 0. The van der Waals surface area contributed by atoms with Crippen LogP contribution in [0.2, 0.25) is 0 Å². The summed E-state index contributed by atoms with van der Waals surface area (Å²) in [5.74, 6) is 0.538. The maximum Gasteiger partial charge on any atom is 0.235 e. The first-order chi connectivity index (χ1) is 10.2. The van der Waals surface area contributed by atoms with E-state index in [0.29, 0.717) is 17.3 Å². The molecule has 0 N–H and O–H groups in total. The van der Waals surface area contributed by atoms with E-state index < -0.39 is 0 Å². The van der Waals surface area contributed by atoms with Gasteiger partial charge in [-0.25, -0.2) is 4.39 Å². The molecule has 3 rings (SSSR count). The summed E-state index contributed by atoms with van der Waals surface area (Å²) in [7, 11) is 2.06. The number of nitriles is 1. The molecule has 2 heterocycles. The van der Waals surface area contributed by atoms with Gasteiger partial charge in [0, 0.05) is 31.7 Å². The number of anilines is 1. The fourth-order valence-corrected chi connectivity index (χ4v) is 2.32. The number of benzene rings is 1. The lowest BCUT2D eigenvalue weighted by Crippen LogP contribution is -2.44. The average Bonchev–Trinajstić information content (AvgIpc) is 2.93. The van der Waals surface area contributed by atoms with Crippen LogP contribution in [0.3, 0.4) is 0 Å². The summed E-state index contributed by atoms with van der Waals surface area (Å²) < 4.78 is 18.7. The molecule has 1 aromatic heterocycles. The van der Waals surface area contributed by atoms with Crippen molar-refractivity contribution in [2.24, 2.45) is 0 Å². The SMILES string of the molecule is CN1CCN(c2oc(-c3ccc(F)cc3)nc2C#N)CC1. The quantitative estimate of drug-likeness (QED) is 0.846. The molecule has 0 saturated carbocycles. The van der Waals surface area contributed by atoms with Crippen LogP contribution in [0, 0.1) is 17.1 Å². The van der Waals surface area contributed by atoms with Crippen molar-refractivity contribution in [2.45, 2.75) is 0 Å². The maximum atomic E-state index is 13.0. The molecule has 6 heteroatoms. The highest BCUT2D eigenvalue weighted by Crippen LogP contribution is 2.28. The summed E-state index contributed by atoms with van der Waals surface area (Å²) in [6.45, 7) is 3.42. The molecule has 0 amide bonds. The van der Waals surface area contributed by atoms with E-state index in [1.807, 2.05) is 4.90 Å². The van der Waals surface area contributed by atoms with Gasteiger partial charge in [0.25, 0.3) is 0 Å². The summed E-state index contributed by atoms with van der Waals surface area (Å²) in [5.41, 5.74) is 0.937. The number of likely N-dealkylation sites (N-methyl/N-ethyl adjacent to an activating group) is 1. The third-order valence-electron chi connectivity index (χ3n) is 3.60. The normalized spacial score (nSPS) is 16.0. The number of oxazole rings is 1.